The molecule has 20 heavy (non-hydrogen) atoms. The number of aryl methyl sites for hydroxylation is 1. The summed E-state index contributed by atoms with van der Waals surface area (Å²) in [4.78, 5) is 9.27. The Hall–Kier alpha value is -2.45. The van der Waals surface area contributed by atoms with Gasteiger partial charge in [0.15, 0.2) is 6.61 Å². The van der Waals surface area contributed by atoms with E-state index in [9.17, 15) is 0 Å². The molecule has 0 bridgehead atoms. The largest absolute Gasteiger partial charge is 0.462 e. The minimum absolute atomic E-state index is 0.0186. The molecule has 0 N–H and O–H groups in total. The molecule has 5 heteroatoms. The average Bonchev–Trinajstić information content (AvgIpc) is 2.90. The number of hydrogen-bond donors (Lipinski definition) is 0. The van der Waals surface area contributed by atoms with Gasteiger partial charge in [0.1, 0.15) is 17.2 Å². The first-order valence-corrected chi connectivity index (χ1v) is 6.96. The number of thiophene rings is 1. The maximum absolute atomic E-state index is 8.65. The van der Waals surface area contributed by atoms with Crippen molar-refractivity contribution in [3.63, 3.8) is 0 Å². The quantitative estimate of drug-likeness (QED) is 0.736. The lowest BCUT2D eigenvalue weighted by Crippen LogP contribution is -1.97. The van der Waals surface area contributed by atoms with E-state index < -0.39 is 0 Å². The molecule has 0 fully saturated rings. The van der Waals surface area contributed by atoms with Crippen molar-refractivity contribution in [1.29, 1.82) is 5.26 Å². The van der Waals surface area contributed by atoms with Crippen LogP contribution in [0.3, 0.4) is 0 Å². The minimum atomic E-state index is -0.0186. The zero-order valence-electron chi connectivity index (χ0n) is 10.8. The number of ether oxygens (including phenoxy) is 1. The minimum Gasteiger partial charge on any atom is -0.462 e. The first-order valence-electron chi connectivity index (χ1n) is 6.08. The Morgan fingerprint density at radius 2 is 2.05 bits per heavy atom. The summed E-state index contributed by atoms with van der Waals surface area (Å²) < 4.78 is 5.41. The molecule has 98 valence electrons. The average molecular weight is 281 g/mol. The van der Waals surface area contributed by atoms with E-state index in [4.69, 9.17) is 10.00 Å². The lowest BCUT2D eigenvalue weighted by atomic mass is 10.0. The molecular weight excluding hydrogens is 270 g/mol. The Morgan fingerprint density at radius 1 is 1.25 bits per heavy atom. The van der Waals surface area contributed by atoms with Crippen molar-refractivity contribution in [2.24, 2.45) is 0 Å². The van der Waals surface area contributed by atoms with Gasteiger partial charge in [0.05, 0.1) is 5.39 Å². The van der Waals surface area contributed by atoms with Crippen molar-refractivity contribution in [2.75, 3.05) is 6.61 Å². The zero-order chi connectivity index (χ0) is 13.9. The van der Waals surface area contributed by atoms with E-state index in [1.807, 2.05) is 11.4 Å². The van der Waals surface area contributed by atoms with Crippen LogP contribution in [0.25, 0.3) is 21.3 Å². The molecule has 0 spiro atoms. The fourth-order valence-electron chi connectivity index (χ4n) is 2.00. The second-order valence-electron chi connectivity index (χ2n) is 4.32. The van der Waals surface area contributed by atoms with Gasteiger partial charge in [-0.3, -0.25) is 0 Å². The number of fused-ring (bicyclic) bond motifs is 1. The third-order valence-corrected chi connectivity index (χ3v) is 3.86. The molecule has 1 aromatic carbocycles. The van der Waals surface area contributed by atoms with E-state index in [2.05, 4.69) is 41.2 Å². The van der Waals surface area contributed by atoms with Crippen LogP contribution >= 0.6 is 11.3 Å². The molecule has 3 rings (SSSR count). The lowest BCUT2D eigenvalue weighted by molar-refractivity contribution is 0.358. The smallest absolute Gasteiger partial charge is 0.227 e. The van der Waals surface area contributed by atoms with Crippen LogP contribution in [0.15, 0.2) is 36.0 Å². The summed E-state index contributed by atoms with van der Waals surface area (Å²) in [6.45, 7) is 2.04. The van der Waals surface area contributed by atoms with E-state index in [0.29, 0.717) is 5.88 Å². The van der Waals surface area contributed by atoms with Gasteiger partial charge >= 0.3 is 0 Å². The number of aromatic nitrogens is 2. The maximum atomic E-state index is 8.65. The van der Waals surface area contributed by atoms with E-state index in [1.165, 1.54) is 11.9 Å². The molecule has 0 radical (unpaired) electrons. The highest BCUT2D eigenvalue weighted by atomic mass is 32.1. The van der Waals surface area contributed by atoms with Crippen LogP contribution in [-0.2, 0) is 0 Å². The second kappa shape index (κ2) is 5.27. The third kappa shape index (κ3) is 2.22. The van der Waals surface area contributed by atoms with Crippen molar-refractivity contribution >= 4 is 21.6 Å². The van der Waals surface area contributed by atoms with E-state index >= 15 is 0 Å². The van der Waals surface area contributed by atoms with Crippen LogP contribution in [0.4, 0.5) is 0 Å². The number of hydrogen-bond acceptors (Lipinski definition) is 5. The summed E-state index contributed by atoms with van der Waals surface area (Å²) in [5.41, 5.74) is 3.35. The van der Waals surface area contributed by atoms with E-state index in [0.717, 1.165) is 21.3 Å². The van der Waals surface area contributed by atoms with Crippen LogP contribution < -0.4 is 4.74 Å². The molecular formula is C15H11N3OS. The summed E-state index contributed by atoms with van der Waals surface area (Å²) in [5.74, 6) is 0.466. The number of nitriles is 1. The van der Waals surface area contributed by atoms with Gasteiger partial charge in [-0.25, -0.2) is 9.97 Å². The third-order valence-electron chi connectivity index (χ3n) is 2.97. The standard InChI is InChI=1S/C15H11N3OS/c1-10-2-4-11(5-3-10)12-8-20-15-13(12)14(17-9-18-15)19-7-6-16/h2-5,8-9H,7H2,1H3. The van der Waals surface area contributed by atoms with Gasteiger partial charge in [-0.2, -0.15) is 5.26 Å². The first-order chi connectivity index (χ1) is 9.79. The van der Waals surface area contributed by atoms with Gasteiger partial charge in [0, 0.05) is 10.9 Å². The molecule has 0 atom stereocenters. The van der Waals surface area contributed by atoms with Crippen LogP contribution in [0.5, 0.6) is 5.88 Å². The van der Waals surface area contributed by atoms with Crippen LogP contribution in [0.2, 0.25) is 0 Å². The van der Waals surface area contributed by atoms with Crippen LogP contribution in [-0.4, -0.2) is 16.6 Å². The number of nitrogens with zero attached hydrogens (tertiary/aromatic N) is 3. The van der Waals surface area contributed by atoms with Crippen molar-refractivity contribution in [3.05, 3.63) is 41.5 Å². The number of benzene rings is 1. The maximum Gasteiger partial charge on any atom is 0.227 e. The summed E-state index contributed by atoms with van der Waals surface area (Å²) in [5, 5.41) is 11.6. The monoisotopic (exact) mass is 281 g/mol. The Balaban J connectivity index is 2.16. The summed E-state index contributed by atoms with van der Waals surface area (Å²) >= 11 is 1.55. The SMILES string of the molecule is Cc1ccc(-c2csc3ncnc(OCC#N)c23)cc1. The molecule has 0 unspecified atom stereocenters. The molecule has 0 saturated carbocycles. The van der Waals surface area contributed by atoms with Crippen molar-refractivity contribution in [2.45, 2.75) is 6.92 Å². The van der Waals surface area contributed by atoms with Crippen molar-refractivity contribution in [1.82, 2.24) is 9.97 Å². The molecule has 0 aliphatic carbocycles. The molecule has 0 aliphatic heterocycles. The van der Waals surface area contributed by atoms with E-state index in [1.54, 1.807) is 11.3 Å². The topological polar surface area (TPSA) is 58.8 Å². The molecule has 0 aliphatic rings. The molecule has 4 nitrogen and oxygen atoms in total. The molecule has 0 amide bonds. The number of rotatable bonds is 3. The van der Waals surface area contributed by atoms with Crippen LogP contribution in [0.1, 0.15) is 5.56 Å². The predicted molar refractivity (Wildman–Crippen MR) is 78.7 cm³/mol. The van der Waals surface area contributed by atoms with Crippen molar-refractivity contribution in [3.8, 4) is 23.1 Å². The normalized spacial score (nSPS) is 10.4. The Labute approximate surface area is 120 Å². The Morgan fingerprint density at radius 3 is 2.80 bits per heavy atom. The fraction of sp³-hybridized carbons (Fsp3) is 0.133. The first kappa shape index (κ1) is 12.6. The highest BCUT2D eigenvalue weighted by Crippen LogP contribution is 2.37. The Kier molecular flexibility index (Phi) is 3.32. The molecule has 3 aromatic rings. The molecule has 0 saturated heterocycles. The van der Waals surface area contributed by atoms with Gasteiger partial charge in [-0.15, -0.1) is 11.3 Å². The van der Waals surface area contributed by atoms with Gasteiger partial charge in [-0.1, -0.05) is 29.8 Å². The fourth-order valence-corrected chi connectivity index (χ4v) is 2.91. The highest BCUT2D eigenvalue weighted by molar-refractivity contribution is 7.17. The summed E-state index contributed by atoms with van der Waals surface area (Å²) in [6, 6.07) is 10.2. The Bertz CT molecular complexity index is 787. The van der Waals surface area contributed by atoms with Gasteiger partial charge in [0.2, 0.25) is 5.88 Å². The summed E-state index contributed by atoms with van der Waals surface area (Å²) in [6.07, 6.45) is 1.46. The highest BCUT2D eigenvalue weighted by Gasteiger charge is 2.13. The zero-order valence-corrected chi connectivity index (χ0v) is 11.6. The predicted octanol–water partition coefficient (Wildman–Crippen LogP) is 3.57. The summed E-state index contributed by atoms with van der Waals surface area (Å²) in [7, 11) is 0. The van der Waals surface area contributed by atoms with Crippen LogP contribution in [0, 0.1) is 18.3 Å². The van der Waals surface area contributed by atoms with Gasteiger partial charge in [-0.05, 0) is 12.5 Å². The lowest BCUT2D eigenvalue weighted by Gasteiger charge is -2.05. The van der Waals surface area contributed by atoms with Crippen molar-refractivity contribution < 1.29 is 4.74 Å². The molecule has 2 heterocycles. The second-order valence-corrected chi connectivity index (χ2v) is 5.18. The van der Waals surface area contributed by atoms with Gasteiger partial charge < -0.3 is 4.74 Å². The molecule has 2 aromatic heterocycles. The van der Waals surface area contributed by atoms with E-state index in [-0.39, 0.29) is 6.61 Å². The van der Waals surface area contributed by atoms with Gasteiger partial charge in [0.25, 0.3) is 0 Å².